The van der Waals surface area contributed by atoms with Crippen molar-refractivity contribution in [2.24, 2.45) is 10.4 Å². The molecule has 2 unspecified atom stereocenters. The van der Waals surface area contributed by atoms with Crippen LogP contribution in [0.25, 0.3) is 0 Å². The van der Waals surface area contributed by atoms with Crippen LogP contribution in [-0.2, 0) is 17.7 Å². The summed E-state index contributed by atoms with van der Waals surface area (Å²) in [6, 6.07) is 4.14. The van der Waals surface area contributed by atoms with Gasteiger partial charge < -0.3 is 24.8 Å². The fraction of sp³-hybridized carbons (Fsp3) is 0.650. The van der Waals surface area contributed by atoms with Crippen molar-refractivity contribution in [2.45, 2.75) is 52.9 Å². The molecule has 0 saturated heterocycles. The third kappa shape index (κ3) is 6.41. The molecule has 0 bridgehead atoms. The minimum atomic E-state index is 0. The lowest BCUT2D eigenvalue weighted by Gasteiger charge is -2.30. The number of hydrogen-bond donors (Lipinski definition) is 2. The fourth-order valence-corrected chi connectivity index (χ4v) is 3.14. The zero-order chi connectivity index (χ0) is 19.3. The van der Waals surface area contributed by atoms with Crippen LogP contribution in [0.3, 0.4) is 0 Å². The van der Waals surface area contributed by atoms with Gasteiger partial charge in [0.2, 0.25) is 0 Å². The Labute approximate surface area is 180 Å². The van der Waals surface area contributed by atoms with Gasteiger partial charge in [0.25, 0.3) is 0 Å². The van der Waals surface area contributed by atoms with Gasteiger partial charge in [0.1, 0.15) is 17.6 Å². The molecule has 0 saturated carbocycles. The highest BCUT2D eigenvalue weighted by atomic mass is 127. The predicted molar refractivity (Wildman–Crippen MR) is 121 cm³/mol. The topological polar surface area (TPSA) is 64.1 Å². The van der Waals surface area contributed by atoms with Crippen molar-refractivity contribution >= 4 is 29.9 Å². The molecule has 0 amide bonds. The number of methoxy groups -OCH3 is 2. The minimum absolute atomic E-state index is 0. The number of nitrogens with one attached hydrogen (secondary N) is 2. The van der Waals surface area contributed by atoms with Crippen LogP contribution >= 0.6 is 24.0 Å². The van der Waals surface area contributed by atoms with E-state index >= 15 is 0 Å². The summed E-state index contributed by atoms with van der Waals surface area (Å²) >= 11 is 0. The highest BCUT2D eigenvalue weighted by Crippen LogP contribution is 2.34. The zero-order valence-corrected chi connectivity index (χ0v) is 19.8. The van der Waals surface area contributed by atoms with Crippen molar-refractivity contribution in [3.63, 3.8) is 0 Å². The van der Waals surface area contributed by atoms with Crippen LogP contribution in [0, 0.1) is 5.41 Å². The average molecular weight is 491 g/mol. The summed E-state index contributed by atoms with van der Waals surface area (Å²) in [6.45, 7) is 9.85. The van der Waals surface area contributed by atoms with E-state index in [1.807, 2.05) is 0 Å². The smallest absolute Gasteiger partial charge is 0.191 e. The SMILES string of the molecule is CN=C(NCc1cc2c(cc1OC)CC(C)O2)NCC(OC)C(C)(C)C.I. The molecule has 0 fully saturated rings. The van der Waals surface area contributed by atoms with E-state index < -0.39 is 0 Å². The molecule has 1 aromatic rings. The third-order valence-corrected chi connectivity index (χ3v) is 4.67. The van der Waals surface area contributed by atoms with Crippen molar-refractivity contribution < 1.29 is 14.2 Å². The van der Waals surface area contributed by atoms with Crippen LogP contribution in [-0.4, -0.2) is 46.0 Å². The Balaban J connectivity index is 0.00000364. The van der Waals surface area contributed by atoms with E-state index in [0.29, 0.717) is 13.1 Å². The Morgan fingerprint density at radius 1 is 1.30 bits per heavy atom. The molecule has 1 heterocycles. The van der Waals surface area contributed by atoms with Crippen LogP contribution in [0.2, 0.25) is 0 Å². The molecule has 2 atom stereocenters. The molecular formula is C20H34IN3O3. The molecule has 1 aliphatic rings. The third-order valence-electron chi connectivity index (χ3n) is 4.67. The van der Waals surface area contributed by atoms with Crippen LogP contribution in [0.15, 0.2) is 17.1 Å². The van der Waals surface area contributed by atoms with E-state index in [2.05, 4.69) is 55.5 Å². The van der Waals surface area contributed by atoms with Crippen LogP contribution in [0.5, 0.6) is 11.5 Å². The number of hydrogen-bond acceptors (Lipinski definition) is 4. The first kappa shape index (κ1) is 23.8. The normalized spacial score (nSPS) is 17.4. The Morgan fingerprint density at radius 2 is 2.00 bits per heavy atom. The summed E-state index contributed by atoms with van der Waals surface area (Å²) in [5.41, 5.74) is 2.30. The van der Waals surface area contributed by atoms with Gasteiger partial charge in [-0.3, -0.25) is 4.99 Å². The predicted octanol–water partition coefficient (Wildman–Crippen LogP) is 3.36. The van der Waals surface area contributed by atoms with Crippen molar-refractivity contribution in [3.05, 3.63) is 23.3 Å². The maximum absolute atomic E-state index is 5.87. The Bertz CT molecular complexity index is 644. The first-order valence-electron chi connectivity index (χ1n) is 9.12. The molecule has 0 spiro atoms. The highest BCUT2D eigenvalue weighted by molar-refractivity contribution is 14.0. The minimum Gasteiger partial charge on any atom is -0.496 e. The van der Waals surface area contributed by atoms with Gasteiger partial charge >= 0.3 is 0 Å². The molecule has 2 rings (SSSR count). The largest absolute Gasteiger partial charge is 0.496 e. The molecule has 27 heavy (non-hydrogen) atoms. The Hall–Kier alpha value is -1.22. The average Bonchev–Trinajstić information content (AvgIpc) is 2.94. The zero-order valence-electron chi connectivity index (χ0n) is 17.5. The second-order valence-corrected chi connectivity index (χ2v) is 7.80. The van der Waals surface area contributed by atoms with Crippen molar-refractivity contribution in [3.8, 4) is 11.5 Å². The lowest BCUT2D eigenvalue weighted by Crippen LogP contribution is -2.45. The Kier molecular flexibility index (Phi) is 9.14. The summed E-state index contributed by atoms with van der Waals surface area (Å²) in [6.07, 6.45) is 1.23. The summed E-state index contributed by atoms with van der Waals surface area (Å²) in [7, 11) is 5.20. The number of ether oxygens (including phenoxy) is 3. The summed E-state index contributed by atoms with van der Waals surface area (Å²) in [5, 5.41) is 6.68. The van der Waals surface area contributed by atoms with Crippen LogP contribution < -0.4 is 20.1 Å². The van der Waals surface area contributed by atoms with Gasteiger partial charge in [-0.15, -0.1) is 24.0 Å². The highest BCUT2D eigenvalue weighted by Gasteiger charge is 2.25. The van der Waals surface area contributed by atoms with E-state index in [1.54, 1.807) is 21.3 Å². The van der Waals surface area contributed by atoms with Crippen LogP contribution in [0.1, 0.15) is 38.8 Å². The van der Waals surface area contributed by atoms with Gasteiger partial charge in [0.05, 0.1) is 13.2 Å². The van der Waals surface area contributed by atoms with Crippen molar-refractivity contribution in [2.75, 3.05) is 27.8 Å². The molecule has 0 radical (unpaired) electrons. The second-order valence-electron chi connectivity index (χ2n) is 7.80. The van der Waals surface area contributed by atoms with E-state index in [-0.39, 0.29) is 41.6 Å². The number of fused-ring (bicyclic) bond motifs is 1. The molecule has 0 aromatic heterocycles. The molecule has 0 aliphatic carbocycles. The number of benzene rings is 1. The van der Waals surface area contributed by atoms with Gasteiger partial charge in [-0.1, -0.05) is 20.8 Å². The molecule has 2 N–H and O–H groups in total. The van der Waals surface area contributed by atoms with E-state index in [4.69, 9.17) is 14.2 Å². The molecule has 1 aliphatic heterocycles. The Morgan fingerprint density at radius 3 is 2.56 bits per heavy atom. The van der Waals surface area contributed by atoms with Gasteiger partial charge in [0.15, 0.2) is 5.96 Å². The lowest BCUT2D eigenvalue weighted by atomic mass is 9.89. The van der Waals surface area contributed by atoms with E-state index in [9.17, 15) is 0 Å². The van der Waals surface area contributed by atoms with Crippen LogP contribution in [0.4, 0.5) is 0 Å². The first-order chi connectivity index (χ1) is 12.3. The van der Waals surface area contributed by atoms with E-state index in [1.165, 1.54) is 5.56 Å². The summed E-state index contributed by atoms with van der Waals surface area (Å²) in [4.78, 5) is 4.30. The monoisotopic (exact) mass is 491 g/mol. The number of nitrogens with zero attached hydrogens (tertiary/aromatic N) is 1. The first-order valence-corrected chi connectivity index (χ1v) is 9.12. The molecule has 6 nitrogen and oxygen atoms in total. The fourth-order valence-electron chi connectivity index (χ4n) is 3.14. The standard InChI is InChI=1S/C20H33N3O3.HI/c1-13-8-14-9-16(24-6)15(10-17(14)26-13)11-22-19(21-5)23-12-18(25-7)20(2,3)4;/h9-10,13,18H,8,11-12H2,1-7H3,(H2,21,22,23);1H. The van der Waals surface area contributed by atoms with Gasteiger partial charge in [-0.25, -0.2) is 0 Å². The second kappa shape index (κ2) is 10.4. The van der Waals surface area contributed by atoms with Gasteiger partial charge in [0, 0.05) is 44.8 Å². The molecule has 1 aromatic carbocycles. The maximum atomic E-state index is 5.87. The van der Waals surface area contributed by atoms with Crippen molar-refractivity contribution in [1.82, 2.24) is 10.6 Å². The van der Waals surface area contributed by atoms with Gasteiger partial charge in [-0.05, 0) is 24.5 Å². The molecular weight excluding hydrogens is 457 g/mol. The van der Waals surface area contributed by atoms with E-state index in [0.717, 1.165) is 29.4 Å². The maximum Gasteiger partial charge on any atom is 0.191 e. The van der Waals surface area contributed by atoms with Gasteiger partial charge in [-0.2, -0.15) is 0 Å². The number of halogens is 1. The quantitative estimate of drug-likeness (QED) is 0.363. The number of rotatable bonds is 6. The number of aliphatic imine (C=N–C) groups is 1. The summed E-state index contributed by atoms with van der Waals surface area (Å²) < 4.78 is 17.0. The molecule has 154 valence electrons. The lowest BCUT2D eigenvalue weighted by molar-refractivity contribution is 0.0205. The summed E-state index contributed by atoms with van der Waals surface area (Å²) in [5.74, 6) is 2.55. The van der Waals surface area contributed by atoms with Crippen molar-refractivity contribution in [1.29, 1.82) is 0 Å². The number of guanidine groups is 1. The molecule has 7 heteroatoms.